The molecular weight excluding hydrogens is 403 g/mol. The first-order chi connectivity index (χ1) is 12.5. The van der Waals surface area contributed by atoms with Crippen LogP contribution in [0.4, 0.5) is 13.2 Å². The highest BCUT2D eigenvalue weighted by atomic mass is 35.5. The summed E-state index contributed by atoms with van der Waals surface area (Å²) in [7, 11) is -4.48. The van der Waals surface area contributed by atoms with Crippen LogP contribution in [0.25, 0.3) is 16.8 Å². The molecule has 0 spiro atoms. The molecule has 0 aliphatic rings. The number of hydrogen-bond donors (Lipinski definition) is 1. The van der Waals surface area contributed by atoms with Crippen LogP contribution in [0, 0.1) is 6.92 Å². The minimum absolute atomic E-state index is 0.0435. The zero-order chi connectivity index (χ0) is 20.0. The number of sulfonamides is 1. The van der Waals surface area contributed by atoms with Gasteiger partial charge in [0.25, 0.3) is 0 Å². The molecule has 27 heavy (non-hydrogen) atoms. The van der Waals surface area contributed by atoms with Crippen LogP contribution in [-0.2, 0) is 16.2 Å². The summed E-state index contributed by atoms with van der Waals surface area (Å²) in [6.45, 7) is 1.69. The molecule has 10 heteroatoms. The number of rotatable bonds is 3. The van der Waals surface area contributed by atoms with Crippen molar-refractivity contribution in [1.82, 2.24) is 9.78 Å². The molecule has 142 valence electrons. The van der Waals surface area contributed by atoms with Gasteiger partial charge in [-0.3, -0.25) is 0 Å². The van der Waals surface area contributed by atoms with Crippen molar-refractivity contribution in [2.45, 2.75) is 18.0 Å². The number of primary sulfonamides is 1. The summed E-state index contributed by atoms with van der Waals surface area (Å²) in [5.41, 5.74) is -0.762. The Morgan fingerprint density at radius 2 is 1.85 bits per heavy atom. The lowest BCUT2D eigenvalue weighted by molar-refractivity contribution is -0.137. The molecule has 3 aromatic rings. The lowest BCUT2D eigenvalue weighted by atomic mass is 10.00. The van der Waals surface area contributed by atoms with E-state index >= 15 is 0 Å². The van der Waals surface area contributed by atoms with Crippen LogP contribution in [0.3, 0.4) is 0 Å². The highest BCUT2D eigenvalue weighted by molar-refractivity contribution is 7.89. The second kappa shape index (κ2) is 6.66. The van der Waals surface area contributed by atoms with Crippen molar-refractivity contribution >= 4 is 21.6 Å². The summed E-state index contributed by atoms with van der Waals surface area (Å²) in [6.07, 6.45) is -2.38. The van der Waals surface area contributed by atoms with Gasteiger partial charge in [0.15, 0.2) is 0 Å². The first-order valence-electron chi connectivity index (χ1n) is 7.53. The summed E-state index contributed by atoms with van der Waals surface area (Å²) in [5, 5.41) is 9.40. The van der Waals surface area contributed by atoms with E-state index in [4.69, 9.17) is 16.7 Å². The fourth-order valence-corrected chi connectivity index (χ4v) is 3.55. The molecule has 0 radical (unpaired) electrons. The van der Waals surface area contributed by atoms with Gasteiger partial charge in [0.05, 0.1) is 11.3 Å². The average Bonchev–Trinajstić information content (AvgIpc) is 3.09. The van der Waals surface area contributed by atoms with Crippen LogP contribution >= 0.6 is 11.6 Å². The maximum atomic E-state index is 13.7. The second-order valence-corrected chi connectivity index (χ2v) is 7.76. The van der Waals surface area contributed by atoms with Crippen molar-refractivity contribution in [1.29, 1.82) is 0 Å². The summed E-state index contributed by atoms with van der Waals surface area (Å²) < 4.78 is 66.2. The van der Waals surface area contributed by atoms with E-state index in [9.17, 15) is 21.6 Å². The van der Waals surface area contributed by atoms with Crippen LogP contribution in [0.5, 0.6) is 0 Å². The highest BCUT2D eigenvalue weighted by Crippen LogP contribution is 2.40. The van der Waals surface area contributed by atoms with Gasteiger partial charge in [-0.05, 0) is 53.9 Å². The van der Waals surface area contributed by atoms with Gasteiger partial charge < -0.3 is 0 Å². The van der Waals surface area contributed by atoms with E-state index in [1.54, 1.807) is 13.0 Å². The van der Waals surface area contributed by atoms with E-state index < -0.39 is 32.3 Å². The molecule has 0 unspecified atom stereocenters. The lowest BCUT2D eigenvalue weighted by Crippen LogP contribution is -2.20. The van der Waals surface area contributed by atoms with E-state index in [0.29, 0.717) is 16.1 Å². The first kappa shape index (κ1) is 19.4. The van der Waals surface area contributed by atoms with Gasteiger partial charge in [0.1, 0.15) is 4.90 Å². The van der Waals surface area contributed by atoms with Crippen LogP contribution < -0.4 is 5.14 Å². The lowest BCUT2D eigenvalue weighted by Gasteiger charge is -2.18. The van der Waals surface area contributed by atoms with E-state index in [-0.39, 0.29) is 5.56 Å². The number of nitrogens with two attached hydrogens (primary N) is 1. The van der Waals surface area contributed by atoms with Crippen molar-refractivity contribution in [2.24, 2.45) is 5.14 Å². The molecule has 0 saturated heterocycles. The standard InChI is InChI=1S/C17H13ClF3N3O2S/c1-10-7-11(3-4-14(10)18)12-8-13(17(19,20)21)16(24-6-2-5-23-24)15(9-12)27(22,25)26/h2-9H,1H3,(H2,22,25,26). The normalized spacial score (nSPS) is 12.4. The molecular formula is C17H13ClF3N3O2S. The summed E-state index contributed by atoms with van der Waals surface area (Å²) in [5.74, 6) is 0. The third-order valence-electron chi connectivity index (χ3n) is 3.91. The number of benzene rings is 2. The predicted molar refractivity (Wildman–Crippen MR) is 95.1 cm³/mol. The fourth-order valence-electron chi connectivity index (χ4n) is 2.67. The molecule has 0 aliphatic heterocycles. The number of aryl methyl sites for hydroxylation is 1. The third kappa shape index (κ3) is 3.85. The zero-order valence-corrected chi connectivity index (χ0v) is 15.4. The Hall–Kier alpha value is -2.36. The minimum Gasteiger partial charge on any atom is -0.239 e. The van der Waals surface area contributed by atoms with Gasteiger partial charge in [-0.25, -0.2) is 18.2 Å². The Morgan fingerprint density at radius 3 is 2.37 bits per heavy atom. The molecule has 3 rings (SSSR count). The first-order valence-corrected chi connectivity index (χ1v) is 9.45. The molecule has 2 N–H and O–H groups in total. The smallest absolute Gasteiger partial charge is 0.239 e. The molecule has 0 bridgehead atoms. The highest BCUT2D eigenvalue weighted by Gasteiger charge is 2.38. The SMILES string of the molecule is Cc1cc(-c2cc(C(F)(F)F)c(-n3cccn3)c(S(N)(=O)=O)c2)ccc1Cl. The van der Waals surface area contributed by atoms with Crippen molar-refractivity contribution in [2.75, 3.05) is 0 Å². The molecule has 0 saturated carbocycles. The average molecular weight is 416 g/mol. The van der Waals surface area contributed by atoms with Gasteiger partial charge in [0.2, 0.25) is 10.0 Å². The molecule has 1 aromatic heterocycles. The van der Waals surface area contributed by atoms with Crippen molar-refractivity contribution in [3.05, 3.63) is 64.9 Å². The Bertz CT molecular complexity index is 1110. The maximum Gasteiger partial charge on any atom is 0.418 e. The number of halogens is 4. The van der Waals surface area contributed by atoms with Gasteiger partial charge in [0, 0.05) is 17.4 Å². The second-order valence-electron chi connectivity index (χ2n) is 5.83. The topological polar surface area (TPSA) is 78.0 Å². The van der Waals surface area contributed by atoms with Gasteiger partial charge >= 0.3 is 6.18 Å². The van der Waals surface area contributed by atoms with Crippen molar-refractivity contribution in [3.63, 3.8) is 0 Å². The maximum absolute atomic E-state index is 13.7. The zero-order valence-electron chi connectivity index (χ0n) is 13.8. The molecule has 0 atom stereocenters. The largest absolute Gasteiger partial charge is 0.418 e. The van der Waals surface area contributed by atoms with Gasteiger partial charge in [-0.1, -0.05) is 17.7 Å². The van der Waals surface area contributed by atoms with E-state index in [0.717, 1.165) is 16.8 Å². The number of hydrogen-bond acceptors (Lipinski definition) is 3. The monoisotopic (exact) mass is 415 g/mol. The van der Waals surface area contributed by atoms with E-state index in [1.165, 1.54) is 30.6 Å². The fraction of sp³-hybridized carbons (Fsp3) is 0.118. The summed E-state index contributed by atoms with van der Waals surface area (Å²) >= 11 is 5.96. The van der Waals surface area contributed by atoms with Gasteiger partial charge in [-0.15, -0.1) is 0 Å². The van der Waals surface area contributed by atoms with E-state index in [1.807, 2.05) is 0 Å². The van der Waals surface area contributed by atoms with Crippen LogP contribution in [0.1, 0.15) is 11.1 Å². The molecule has 1 heterocycles. The quantitative estimate of drug-likeness (QED) is 0.697. The van der Waals surface area contributed by atoms with Gasteiger partial charge in [-0.2, -0.15) is 18.3 Å². The van der Waals surface area contributed by atoms with Crippen LogP contribution in [0.15, 0.2) is 53.7 Å². The van der Waals surface area contributed by atoms with Crippen molar-refractivity contribution in [3.8, 4) is 16.8 Å². The minimum atomic E-state index is -4.84. The Morgan fingerprint density at radius 1 is 1.15 bits per heavy atom. The Kier molecular flexibility index (Phi) is 4.79. The van der Waals surface area contributed by atoms with E-state index in [2.05, 4.69) is 5.10 Å². The number of aromatic nitrogens is 2. The Balaban J connectivity index is 2.41. The number of alkyl halides is 3. The summed E-state index contributed by atoms with van der Waals surface area (Å²) in [4.78, 5) is -0.677. The number of nitrogens with zero attached hydrogens (tertiary/aromatic N) is 2. The molecule has 0 amide bonds. The summed E-state index contributed by atoms with van der Waals surface area (Å²) in [6, 6.07) is 7.95. The van der Waals surface area contributed by atoms with Crippen molar-refractivity contribution < 1.29 is 21.6 Å². The predicted octanol–water partition coefficient (Wildman–Crippen LogP) is 4.17. The molecule has 0 fully saturated rings. The third-order valence-corrected chi connectivity index (χ3v) is 5.26. The van der Waals surface area contributed by atoms with Crippen LogP contribution in [0.2, 0.25) is 5.02 Å². The van der Waals surface area contributed by atoms with Crippen LogP contribution in [-0.4, -0.2) is 18.2 Å². The molecule has 5 nitrogen and oxygen atoms in total. The molecule has 2 aromatic carbocycles. The Labute approximate surface area is 158 Å². The molecule has 0 aliphatic carbocycles.